The Balaban J connectivity index is 2.07. The summed E-state index contributed by atoms with van der Waals surface area (Å²) < 4.78 is 2.22. The van der Waals surface area contributed by atoms with Crippen LogP contribution < -0.4 is 5.73 Å². The Morgan fingerprint density at radius 1 is 1.79 bits per heavy atom. The number of aromatic nitrogens is 2. The molecule has 4 heteroatoms. The molecule has 4 nitrogen and oxygen atoms in total. The Kier molecular flexibility index (Phi) is 2.56. The van der Waals surface area contributed by atoms with E-state index in [4.69, 9.17) is 5.73 Å². The Morgan fingerprint density at radius 3 is 3.29 bits per heavy atom. The van der Waals surface area contributed by atoms with E-state index in [9.17, 15) is 0 Å². The maximum atomic E-state index is 5.79. The van der Waals surface area contributed by atoms with Crippen LogP contribution in [0.2, 0.25) is 0 Å². The third-order valence-corrected chi connectivity index (χ3v) is 2.80. The first-order valence-electron chi connectivity index (χ1n) is 5.15. The van der Waals surface area contributed by atoms with Crippen LogP contribution in [0.4, 0.5) is 0 Å². The largest absolute Gasteiger partial charge is 0.334 e. The van der Waals surface area contributed by atoms with Gasteiger partial charge >= 0.3 is 0 Å². The minimum Gasteiger partial charge on any atom is -0.334 e. The molecule has 14 heavy (non-hydrogen) atoms. The molecule has 78 valence electrons. The van der Waals surface area contributed by atoms with Crippen LogP contribution in [0.15, 0.2) is 12.4 Å². The molecular weight excluding hydrogens is 176 g/mol. The zero-order valence-electron chi connectivity index (χ0n) is 8.85. The van der Waals surface area contributed by atoms with Gasteiger partial charge in [0.2, 0.25) is 0 Å². The highest BCUT2D eigenvalue weighted by Crippen LogP contribution is 2.28. The van der Waals surface area contributed by atoms with Gasteiger partial charge in [0, 0.05) is 31.5 Å². The summed E-state index contributed by atoms with van der Waals surface area (Å²) in [5.41, 5.74) is 5.79. The van der Waals surface area contributed by atoms with Gasteiger partial charge in [-0.3, -0.25) is 4.90 Å². The molecule has 0 aliphatic carbocycles. The lowest BCUT2D eigenvalue weighted by molar-refractivity contribution is 0.230. The van der Waals surface area contributed by atoms with Gasteiger partial charge in [0.1, 0.15) is 5.82 Å². The Morgan fingerprint density at radius 2 is 2.57 bits per heavy atom. The number of rotatable bonds is 3. The number of nitrogens with two attached hydrogens (primary N) is 1. The molecule has 2 heterocycles. The first-order valence-corrected chi connectivity index (χ1v) is 5.15. The van der Waals surface area contributed by atoms with Gasteiger partial charge in [-0.1, -0.05) is 0 Å². The highest BCUT2D eigenvalue weighted by molar-refractivity contribution is 5.04. The molecule has 0 spiro atoms. The lowest BCUT2D eigenvalue weighted by atomic mass is 10.2. The van der Waals surface area contributed by atoms with Crippen molar-refractivity contribution in [1.82, 2.24) is 14.5 Å². The molecule has 2 unspecified atom stereocenters. The zero-order chi connectivity index (χ0) is 10.1. The Hall–Kier alpha value is -0.870. The molecule has 2 rings (SSSR count). The maximum Gasteiger partial charge on any atom is 0.126 e. The minimum absolute atomic E-state index is 0.226. The van der Waals surface area contributed by atoms with Crippen LogP contribution in [0, 0.1) is 0 Å². The highest BCUT2D eigenvalue weighted by Gasteiger charge is 2.27. The number of aryl methyl sites for hydroxylation is 1. The summed E-state index contributed by atoms with van der Waals surface area (Å²) in [5.74, 6) is 1.19. The third kappa shape index (κ3) is 1.67. The van der Waals surface area contributed by atoms with Crippen molar-refractivity contribution in [1.29, 1.82) is 0 Å². The smallest absolute Gasteiger partial charge is 0.126 e. The fourth-order valence-electron chi connectivity index (χ4n) is 2.20. The van der Waals surface area contributed by atoms with Crippen molar-refractivity contribution < 1.29 is 0 Å². The van der Waals surface area contributed by atoms with Gasteiger partial charge in [0.05, 0.1) is 6.04 Å². The first kappa shape index (κ1) is 9.68. The number of nitrogens with zero attached hydrogens (tertiary/aromatic N) is 3. The summed E-state index contributed by atoms with van der Waals surface area (Å²) in [6.07, 6.45) is 5.09. The fraction of sp³-hybridized carbons (Fsp3) is 0.700. The van der Waals surface area contributed by atoms with Crippen LogP contribution in [-0.2, 0) is 6.54 Å². The van der Waals surface area contributed by atoms with Crippen LogP contribution in [0.3, 0.4) is 0 Å². The van der Waals surface area contributed by atoms with E-state index in [1.54, 1.807) is 0 Å². The van der Waals surface area contributed by atoms with E-state index in [0.717, 1.165) is 19.5 Å². The number of hydrogen-bond acceptors (Lipinski definition) is 3. The van der Waals surface area contributed by atoms with Crippen molar-refractivity contribution in [2.24, 2.45) is 5.73 Å². The van der Waals surface area contributed by atoms with Gasteiger partial charge in [0.15, 0.2) is 0 Å². The van der Waals surface area contributed by atoms with E-state index >= 15 is 0 Å². The van der Waals surface area contributed by atoms with Crippen LogP contribution >= 0.6 is 0 Å². The minimum atomic E-state index is 0.226. The second-order valence-electron chi connectivity index (χ2n) is 4.20. The van der Waals surface area contributed by atoms with Gasteiger partial charge in [-0.05, 0) is 20.4 Å². The summed E-state index contributed by atoms with van der Waals surface area (Å²) in [4.78, 5) is 6.69. The summed E-state index contributed by atoms with van der Waals surface area (Å²) in [5, 5.41) is 0. The van der Waals surface area contributed by atoms with E-state index in [-0.39, 0.29) is 6.04 Å². The molecule has 0 saturated carbocycles. The van der Waals surface area contributed by atoms with E-state index in [0.29, 0.717) is 6.04 Å². The Bertz CT molecular complexity index is 305. The molecule has 0 radical (unpaired) electrons. The van der Waals surface area contributed by atoms with Crippen molar-refractivity contribution in [3.05, 3.63) is 18.2 Å². The predicted molar refractivity (Wildman–Crippen MR) is 55.9 cm³/mol. The predicted octanol–water partition coefficient (Wildman–Crippen LogP) is 0.607. The van der Waals surface area contributed by atoms with Gasteiger partial charge in [-0.2, -0.15) is 0 Å². The molecule has 1 aromatic heterocycles. The maximum absolute atomic E-state index is 5.79. The van der Waals surface area contributed by atoms with Gasteiger partial charge in [0.25, 0.3) is 0 Å². The summed E-state index contributed by atoms with van der Waals surface area (Å²) in [6.45, 7) is 4.05. The first-order chi connectivity index (χ1) is 6.68. The fourth-order valence-corrected chi connectivity index (χ4v) is 2.20. The number of likely N-dealkylation sites (N-methyl/N-ethyl adjacent to an activating group) is 1. The summed E-state index contributed by atoms with van der Waals surface area (Å²) >= 11 is 0. The molecular formula is C10H18N4. The molecule has 2 atom stereocenters. The molecule has 1 aliphatic heterocycles. The lowest BCUT2D eigenvalue weighted by Gasteiger charge is -2.24. The summed E-state index contributed by atoms with van der Waals surface area (Å²) in [7, 11) is 2.12. The second kappa shape index (κ2) is 3.71. The van der Waals surface area contributed by atoms with Crippen LogP contribution in [0.25, 0.3) is 0 Å². The highest BCUT2D eigenvalue weighted by atomic mass is 15.2. The molecule has 0 amide bonds. The van der Waals surface area contributed by atoms with Crippen molar-refractivity contribution in [2.45, 2.75) is 32.0 Å². The average Bonchev–Trinajstić information content (AvgIpc) is 2.59. The van der Waals surface area contributed by atoms with Crippen molar-refractivity contribution in [3.63, 3.8) is 0 Å². The third-order valence-electron chi connectivity index (χ3n) is 2.80. The van der Waals surface area contributed by atoms with E-state index in [2.05, 4.69) is 27.7 Å². The second-order valence-corrected chi connectivity index (χ2v) is 4.20. The molecule has 0 aromatic carbocycles. The van der Waals surface area contributed by atoms with Crippen LogP contribution in [0.5, 0.6) is 0 Å². The SMILES string of the molecule is CC(N)CN(C)C1CCn2ccnc21. The van der Waals surface area contributed by atoms with Crippen molar-refractivity contribution in [3.8, 4) is 0 Å². The van der Waals surface area contributed by atoms with Gasteiger partial charge in [-0.15, -0.1) is 0 Å². The zero-order valence-corrected chi connectivity index (χ0v) is 8.85. The molecule has 1 aliphatic rings. The van der Waals surface area contributed by atoms with Gasteiger partial charge in [-0.25, -0.2) is 4.98 Å². The topological polar surface area (TPSA) is 47.1 Å². The van der Waals surface area contributed by atoms with E-state index in [1.165, 1.54) is 5.82 Å². The lowest BCUT2D eigenvalue weighted by Crippen LogP contribution is -2.35. The number of fused-ring (bicyclic) bond motifs is 1. The summed E-state index contributed by atoms with van der Waals surface area (Å²) in [6, 6.07) is 0.681. The number of hydrogen-bond donors (Lipinski definition) is 1. The molecule has 0 saturated heterocycles. The van der Waals surface area contributed by atoms with E-state index < -0.39 is 0 Å². The van der Waals surface area contributed by atoms with E-state index in [1.807, 2.05) is 13.1 Å². The molecule has 1 aromatic rings. The standard InChI is InChI=1S/C10H18N4/c1-8(11)7-13(2)9-3-5-14-6-4-12-10(9)14/h4,6,8-9H,3,5,7,11H2,1-2H3. The molecule has 0 fully saturated rings. The van der Waals surface area contributed by atoms with Crippen LogP contribution in [0.1, 0.15) is 25.2 Å². The van der Waals surface area contributed by atoms with Crippen LogP contribution in [-0.4, -0.2) is 34.1 Å². The number of imidazole rings is 1. The quantitative estimate of drug-likeness (QED) is 0.766. The van der Waals surface area contributed by atoms with Gasteiger partial charge < -0.3 is 10.3 Å². The van der Waals surface area contributed by atoms with Crippen molar-refractivity contribution >= 4 is 0 Å². The average molecular weight is 194 g/mol. The monoisotopic (exact) mass is 194 g/mol. The molecule has 2 N–H and O–H groups in total. The molecule has 0 bridgehead atoms. The van der Waals surface area contributed by atoms with Crippen molar-refractivity contribution in [2.75, 3.05) is 13.6 Å². The Labute approximate surface area is 84.7 Å². The normalized spacial score (nSPS) is 22.7.